The van der Waals surface area contributed by atoms with E-state index in [1.807, 2.05) is 18.3 Å². The third kappa shape index (κ3) is 5.31. The van der Waals surface area contributed by atoms with Crippen LogP contribution in [0.2, 0.25) is 5.02 Å². The van der Waals surface area contributed by atoms with Crippen molar-refractivity contribution < 1.29 is 23.1 Å². The summed E-state index contributed by atoms with van der Waals surface area (Å²) in [5.74, 6) is -1.06. The van der Waals surface area contributed by atoms with Crippen LogP contribution in [0.25, 0.3) is 16.9 Å². The van der Waals surface area contributed by atoms with E-state index in [4.69, 9.17) is 16.7 Å². The van der Waals surface area contributed by atoms with E-state index < -0.39 is 35.9 Å². The van der Waals surface area contributed by atoms with Crippen molar-refractivity contribution in [3.8, 4) is 16.9 Å². The number of nitrogens with zero attached hydrogens (tertiary/aromatic N) is 2. The highest BCUT2D eigenvalue weighted by Gasteiger charge is 2.38. The molecule has 1 aromatic heterocycles. The second-order valence-electron chi connectivity index (χ2n) is 6.77. The normalized spacial score (nSPS) is 12.5. The molecule has 0 bridgehead atoms. The predicted molar refractivity (Wildman–Crippen MR) is 109 cm³/mol. The smallest absolute Gasteiger partial charge is 0.382 e. The van der Waals surface area contributed by atoms with Gasteiger partial charge in [-0.2, -0.15) is 23.0 Å². The Kier molecular flexibility index (Phi) is 6.47. The summed E-state index contributed by atoms with van der Waals surface area (Å²) >= 11 is 5.90. The van der Waals surface area contributed by atoms with Gasteiger partial charge >= 0.3 is 6.18 Å². The summed E-state index contributed by atoms with van der Waals surface area (Å²) < 4.78 is 38.6. The first-order chi connectivity index (χ1) is 14.6. The van der Waals surface area contributed by atoms with Crippen LogP contribution in [0.1, 0.15) is 15.9 Å². The predicted octanol–water partition coefficient (Wildman–Crippen LogP) is 3.51. The highest BCUT2D eigenvalue weighted by Crippen LogP contribution is 2.21. The molecular formula is C21H17ClF3N3O3. The minimum absolute atomic E-state index is 0.235. The lowest BCUT2D eigenvalue weighted by Crippen LogP contribution is -2.42. The Balaban J connectivity index is 2.08. The van der Waals surface area contributed by atoms with Crippen molar-refractivity contribution in [2.45, 2.75) is 19.2 Å². The summed E-state index contributed by atoms with van der Waals surface area (Å²) in [6, 6.07) is 14.4. The Hall–Kier alpha value is -3.17. The Bertz CT molecular complexity index is 1160. The summed E-state index contributed by atoms with van der Waals surface area (Å²) in [5, 5.41) is 15.9. The number of hydrogen-bond acceptors (Lipinski definition) is 4. The maximum absolute atomic E-state index is 12.9. The lowest BCUT2D eigenvalue weighted by Gasteiger charge is -2.15. The topological polar surface area (TPSA) is 84.2 Å². The maximum atomic E-state index is 12.9. The van der Waals surface area contributed by atoms with Crippen LogP contribution >= 0.6 is 11.6 Å². The van der Waals surface area contributed by atoms with Crippen molar-refractivity contribution in [2.24, 2.45) is 0 Å². The summed E-state index contributed by atoms with van der Waals surface area (Å²) in [5.41, 5.74) is 0.750. The molecule has 0 spiro atoms. The molecule has 0 aliphatic heterocycles. The number of amides is 1. The van der Waals surface area contributed by atoms with Crippen LogP contribution in [-0.2, 0) is 0 Å². The first-order valence-electron chi connectivity index (χ1n) is 9.06. The zero-order chi connectivity index (χ0) is 22.8. The number of rotatable bonds is 5. The number of carbonyl (C=O) groups excluding carboxylic acids is 1. The van der Waals surface area contributed by atoms with Gasteiger partial charge in [0.1, 0.15) is 5.56 Å². The molecule has 2 N–H and O–H groups in total. The van der Waals surface area contributed by atoms with Crippen molar-refractivity contribution in [3.63, 3.8) is 0 Å². The molecule has 0 fully saturated rings. The summed E-state index contributed by atoms with van der Waals surface area (Å²) in [6.07, 6.45) is -7.66. The van der Waals surface area contributed by atoms with Crippen LogP contribution in [0, 0.1) is 6.92 Å². The summed E-state index contributed by atoms with van der Waals surface area (Å²) in [4.78, 5) is 25.5. The molecule has 0 saturated carbocycles. The molecule has 3 rings (SSSR count). The third-order valence-electron chi connectivity index (χ3n) is 4.38. The van der Waals surface area contributed by atoms with E-state index in [9.17, 15) is 22.8 Å². The van der Waals surface area contributed by atoms with Crippen LogP contribution < -0.4 is 10.9 Å². The van der Waals surface area contributed by atoms with Gasteiger partial charge in [-0.3, -0.25) is 9.59 Å². The van der Waals surface area contributed by atoms with Gasteiger partial charge in [-0.05, 0) is 42.8 Å². The van der Waals surface area contributed by atoms with E-state index in [0.29, 0.717) is 16.3 Å². The number of aryl methyl sites for hydroxylation is 1. The van der Waals surface area contributed by atoms with E-state index in [2.05, 4.69) is 5.10 Å². The van der Waals surface area contributed by atoms with E-state index >= 15 is 0 Å². The number of nitrogens with one attached hydrogen (secondary N) is 1. The van der Waals surface area contributed by atoms with E-state index in [1.165, 1.54) is 6.07 Å². The molecule has 10 heteroatoms. The van der Waals surface area contributed by atoms with Crippen LogP contribution in [-0.4, -0.2) is 39.6 Å². The molecule has 0 aliphatic carbocycles. The average molecular weight is 452 g/mol. The number of hydrogen-bond donors (Lipinski definition) is 2. The molecule has 31 heavy (non-hydrogen) atoms. The van der Waals surface area contributed by atoms with Crippen LogP contribution in [0.4, 0.5) is 13.2 Å². The fourth-order valence-corrected chi connectivity index (χ4v) is 2.88. The zero-order valence-electron chi connectivity index (χ0n) is 16.2. The number of aromatic nitrogens is 2. The van der Waals surface area contributed by atoms with Gasteiger partial charge in [0, 0.05) is 10.6 Å². The summed E-state index contributed by atoms with van der Waals surface area (Å²) in [6.45, 7) is 0.717. The first-order valence-corrected chi connectivity index (χ1v) is 9.44. The minimum atomic E-state index is -4.90. The summed E-state index contributed by atoms with van der Waals surface area (Å²) in [7, 11) is 0. The standard InChI is InChI=1S/C21H17ClF3N3O3/c1-12-3-2-4-15(9-12)28-20(31)16(19(30)26-11-18(29)21(23,24)25)10-17(27-28)13-5-7-14(22)8-6-13/h2-10,18,29H,11H2,1H3,(H,26,30)/t18-/m1/s1. The highest BCUT2D eigenvalue weighted by molar-refractivity contribution is 6.30. The maximum Gasteiger partial charge on any atom is 0.416 e. The second-order valence-corrected chi connectivity index (χ2v) is 7.21. The Labute approximate surface area is 179 Å². The monoisotopic (exact) mass is 451 g/mol. The van der Waals surface area contributed by atoms with E-state index in [-0.39, 0.29) is 5.69 Å². The minimum Gasteiger partial charge on any atom is -0.382 e. The van der Waals surface area contributed by atoms with Gasteiger partial charge in [0.2, 0.25) is 0 Å². The first kappa shape index (κ1) is 22.5. The van der Waals surface area contributed by atoms with Gasteiger partial charge in [0.15, 0.2) is 6.10 Å². The molecule has 1 amide bonds. The second kappa shape index (κ2) is 8.91. The fraction of sp³-hybridized carbons (Fsp3) is 0.190. The lowest BCUT2D eigenvalue weighted by atomic mass is 10.1. The number of aliphatic hydroxyl groups excluding tert-OH is 1. The number of benzene rings is 2. The Morgan fingerprint density at radius 3 is 2.48 bits per heavy atom. The molecule has 0 radical (unpaired) electrons. The molecule has 0 saturated heterocycles. The Morgan fingerprint density at radius 2 is 1.87 bits per heavy atom. The largest absolute Gasteiger partial charge is 0.416 e. The molecule has 162 valence electrons. The zero-order valence-corrected chi connectivity index (χ0v) is 16.9. The molecule has 0 unspecified atom stereocenters. The third-order valence-corrected chi connectivity index (χ3v) is 4.63. The highest BCUT2D eigenvalue weighted by atomic mass is 35.5. The van der Waals surface area contributed by atoms with Crippen molar-refractivity contribution >= 4 is 17.5 Å². The molecule has 0 aliphatic rings. The van der Waals surface area contributed by atoms with Gasteiger partial charge in [0.05, 0.1) is 17.9 Å². The van der Waals surface area contributed by atoms with Crippen LogP contribution in [0.15, 0.2) is 59.4 Å². The molecular weight excluding hydrogens is 435 g/mol. The van der Waals surface area contributed by atoms with Gasteiger partial charge in [-0.15, -0.1) is 0 Å². The number of carbonyl (C=O) groups is 1. The van der Waals surface area contributed by atoms with Gasteiger partial charge in [-0.25, -0.2) is 0 Å². The molecule has 6 nitrogen and oxygen atoms in total. The van der Waals surface area contributed by atoms with Crippen molar-refractivity contribution in [1.29, 1.82) is 0 Å². The van der Waals surface area contributed by atoms with Gasteiger partial charge < -0.3 is 10.4 Å². The molecule has 1 heterocycles. The molecule has 2 aromatic carbocycles. The molecule has 1 atom stereocenters. The molecule has 3 aromatic rings. The van der Waals surface area contributed by atoms with E-state index in [1.54, 1.807) is 42.5 Å². The SMILES string of the molecule is Cc1cccc(-n2nc(-c3ccc(Cl)cc3)cc(C(=O)NC[C@@H](O)C(F)(F)F)c2=O)c1. The number of halogens is 4. The van der Waals surface area contributed by atoms with Crippen molar-refractivity contribution in [2.75, 3.05) is 6.54 Å². The van der Waals surface area contributed by atoms with Crippen molar-refractivity contribution in [1.82, 2.24) is 15.1 Å². The van der Waals surface area contributed by atoms with E-state index in [0.717, 1.165) is 10.2 Å². The van der Waals surface area contributed by atoms with Gasteiger partial charge in [-0.1, -0.05) is 35.9 Å². The van der Waals surface area contributed by atoms with Gasteiger partial charge in [0.25, 0.3) is 11.5 Å². The van der Waals surface area contributed by atoms with Crippen molar-refractivity contribution in [3.05, 3.63) is 81.1 Å². The van der Waals surface area contributed by atoms with Crippen LogP contribution in [0.3, 0.4) is 0 Å². The Morgan fingerprint density at radius 1 is 1.19 bits per heavy atom. The number of alkyl halides is 3. The quantitative estimate of drug-likeness (QED) is 0.621. The lowest BCUT2D eigenvalue weighted by molar-refractivity contribution is -0.201. The van der Waals surface area contributed by atoms with Crippen LogP contribution in [0.5, 0.6) is 0 Å². The number of aliphatic hydroxyl groups is 1. The fourth-order valence-electron chi connectivity index (χ4n) is 2.75. The average Bonchev–Trinajstić information content (AvgIpc) is 2.72.